The fourth-order valence-electron chi connectivity index (χ4n) is 3.13. The summed E-state index contributed by atoms with van der Waals surface area (Å²) in [5.41, 5.74) is 0. The summed E-state index contributed by atoms with van der Waals surface area (Å²) >= 11 is 0. The quantitative estimate of drug-likeness (QED) is 0.752. The van der Waals surface area contributed by atoms with Gasteiger partial charge in [0.25, 0.3) is 0 Å². The Morgan fingerprint density at radius 3 is 2.50 bits per heavy atom. The molecule has 0 radical (unpaired) electrons. The summed E-state index contributed by atoms with van der Waals surface area (Å²) in [7, 11) is 0. The van der Waals surface area contributed by atoms with E-state index in [2.05, 4.69) is 34.3 Å². The Balaban J connectivity index is 1.69. The molecule has 2 atom stereocenters. The van der Waals surface area contributed by atoms with E-state index in [1.165, 1.54) is 13.0 Å². The molecule has 5 nitrogen and oxygen atoms in total. The number of rotatable bonds is 5. The van der Waals surface area contributed by atoms with Gasteiger partial charge in [-0.05, 0) is 39.7 Å². The molecule has 1 amide bonds. The van der Waals surface area contributed by atoms with Crippen LogP contribution in [0.2, 0.25) is 0 Å². The van der Waals surface area contributed by atoms with Crippen LogP contribution in [-0.4, -0.2) is 73.6 Å². The number of carbonyl (C=O) groups is 1. The highest BCUT2D eigenvalue weighted by molar-refractivity contribution is 5.81. The van der Waals surface area contributed by atoms with Crippen molar-refractivity contribution in [1.29, 1.82) is 0 Å². The predicted octanol–water partition coefficient (Wildman–Crippen LogP) is 0.127. The highest BCUT2D eigenvalue weighted by atomic mass is 16.2. The molecule has 0 aliphatic carbocycles. The van der Waals surface area contributed by atoms with Gasteiger partial charge in [0.1, 0.15) is 0 Å². The molecule has 116 valence electrons. The molecule has 0 aromatic rings. The third-order valence-corrected chi connectivity index (χ3v) is 4.69. The topological polar surface area (TPSA) is 47.6 Å². The molecule has 2 aliphatic heterocycles. The van der Waals surface area contributed by atoms with Gasteiger partial charge in [0.05, 0.1) is 6.04 Å². The maximum atomic E-state index is 12.2. The van der Waals surface area contributed by atoms with Gasteiger partial charge < -0.3 is 15.5 Å². The molecular formula is C15H30N4O. The van der Waals surface area contributed by atoms with Crippen LogP contribution < -0.4 is 10.6 Å². The van der Waals surface area contributed by atoms with E-state index >= 15 is 0 Å². The van der Waals surface area contributed by atoms with Crippen LogP contribution in [0.4, 0.5) is 0 Å². The highest BCUT2D eigenvalue weighted by Crippen LogP contribution is 2.17. The zero-order chi connectivity index (χ0) is 14.5. The summed E-state index contributed by atoms with van der Waals surface area (Å²) in [6.07, 6.45) is 1.21. The standard InChI is InChI=1S/C15H30N4O/c1-12(2)19-7-4-14(11-19)10-17-15(20)13(3)18-8-5-16-6-9-18/h12-14,16H,4-11H2,1-3H3,(H,17,20). The first-order valence-electron chi connectivity index (χ1n) is 8.04. The summed E-state index contributed by atoms with van der Waals surface area (Å²) in [6, 6.07) is 0.621. The Morgan fingerprint density at radius 1 is 1.20 bits per heavy atom. The van der Waals surface area contributed by atoms with Crippen LogP contribution in [0.3, 0.4) is 0 Å². The molecule has 0 bridgehead atoms. The van der Waals surface area contributed by atoms with E-state index in [-0.39, 0.29) is 11.9 Å². The Morgan fingerprint density at radius 2 is 1.90 bits per heavy atom. The Kier molecular flexibility index (Phi) is 5.81. The van der Waals surface area contributed by atoms with Crippen molar-refractivity contribution >= 4 is 5.91 Å². The molecule has 0 aromatic carbocycles. The summed E-state index contributed by atoms with van der Waals surface area (Å²) < 4.78 is 0. The van der Waals surface area contributed by atoms with Gasteiger partial charge in [-0.2, -0.15) is 0 Å². The lowest BCUT2D eigenvalue weighted by atomic mass is 10.1. The van der Waals surface area contributed by atoms with E-state index in [1.54, 1.807) is 0 Å². The molecule has 0 aromatic heterocycles. The van der Waals surface area contributed by atoms with Crippen LogP contribution in [0, 0.1) is 5.92 Å². The normalized spacial score (nSPS) is 26.9. The van der Waals surface area contributed by atoms with Crippen molar-refractivity contribution in [2.24, 2.45) is 5.92 Å². The second-order valence-electron chi connectivity index (χ2n) is 6.45. The van der Waals surface area contributed by atoms with Crippen molar-refractivity contribution in [3.05, 3.63) is 0 Å². The van der Waals surface area contributed by atoms with Crippen molar-refractivity contribution in [3.8, 4) is 0 Å². The zero-order valence-corrected chi connectivity index (χ0v) is 13.2. The summed E-state index contributed by atoms with van der Waals surface area (Å²) in [4.78, 5) is 17.0. The minimum Gasteiger partial charge on any atom is -0.354 e. The van der Waals surface area contributed by atoms with Crippen LogP contribution in [0.5, 0.6) is 0 Å². The number of carbonyl (C=O) groups excluding carboxylic acids is 1. The first-order chi connectivity index (χ1) is 9.58. The van der Waals surface area contributed by atoms with E-state index < -0.39 is 0 Å². The minimum absolute atomic E-state index is 0.000273. The lowest BCUT2D eigenvalue weighted by Gasteiger charge is -2.32. The molecule has 2 unspecified atom stereocenters. The fourth-order valence-corrected chi connectivity index (χ4v) is 3.13. The first kappa shape index (κ1) is 15.7. The van der Waals surface area contributed by atoms with Crippen molar-refractivity contribution < 1.29 is 4.79 Å². The van der Waals surface area contributed by atoms with Gasteiger partial charge in [-0.1, -0.05) is 0 Å². The second-order valence-corrected chi connectivity index (χ2v) is 6.45. The lowest BCUT2D eigenvalue weighted by Crippen LogP contribution is -2.53. The average Bonchev–Trinajstić information content (AvgIpc) is 2.94. The van der Waals surface area contributed by atoms with Crippen molar-refractivity contribution in [1.82, 2.24) is 20.4 Å². The number of likely N-dealkylation sites (tertiary alicyclic amines) is 1. The average molecular weight is 282 g/mol. The van der Waals surface area contributed by atoms with E-state index in [0.717, 1.165) is 39.3 Å². The van der Waals surface area contributed by atoms with Gasteiger partial charge in [-0.15, -0.1) is 0 Å². The van der Waals surface area contributed by atoms with E-state index in [1.807, 2.05) is 6.92 Å². The SMILES string of the molecule is CC(C)N1CCC(CNC(=O)C(C)N2CCNCC2)C1. The van der Waals surface area contributed by atoms with Crippen molar-refractivity contribution in [2.45, 2.75) is 39.3 Å². The zero-order valence-electron chi connectivity index (χ0n) is 13.2. The maximum absolute atomic E-state index is 12.2. The molecule has 2 N–H and O–H groups in total. The van der Waals surface area contributed by atoms with Crippen LogP contribution >= 0.6 is 0 Å². The van der Waals surface area contributed by atoms with Crippen LogP contribution in [-0.2, 0) is 4.79 Å². The number of nitrogens with zero attached hydrogens (tertiary/aromatic N) is 2. The van der Waals surface area contributed by atoms with Crippen LogP contribution in [0.1, 0.15) is 27.2 Å². The summed E-state index contributed by atoms with van der Waals surface area (Å²) in [6.45, 7) is 13.6. The summed E-state index contributed by atoms with van der Waals surface area (Å²) in [5.74, 6) is 0.812. The van der Waals surface area contributed by atoms with Gasteiger partial charge in [0.2, 0.25) is 5.91 Å². The van der Waals surface area contributed by atoms with E-state index in [9.17, 15) is 4.79 Å². The Bertz CT molecular complexity index is 315. The van der Waals surface area contributed by atoms with E-state index in [4.69, 9.17) is 0 Å². The highest BCUT2D eigenvalue weighted by Gasteiger charge is 2.26. The van der Waals surface area contributed by atoms with Crippen molar-refractivity contribution in [2.75, 3.05) is 45.8 Å². The number of nitrogens with one attached hydrogen (secondary N) is 2. The van der Waals surface area contributed by atoms with Crippen LogP contribution in [0.25, 0.3) is 0 Å². The van der Waals surface area contributed by atoms with Gasteiger partial charge in [-0.3, -0.25) is 9.69 Å². The molecule has 2 rings (SSSR count). The molecule has 2 heterocycles. The number of hydrogen-bond acceptors (Lipinski definition) is 4. The monoisotopic (exact) mass is 282 g/mol. The minimum atomic E-state index is -0.000273. The Labute approximate surface area is 123 Å². The largest absolute Gasteiger partial charge is 0.354 e. The maximum Gasteiger partial charge on any atom is 0.237 e. The van der Waals surface area contributed by atoms with Gasteiger partial charge in [-0.25, -0.2) is 0 Å². The fraction of sp³-hybridized carbons (Fsp3) is 0.933. The number of amides is 1. The lowest BCUT2D eigenvalue weighted by molar-refractivity contribution is -0.126. The Hall–Kier alpha value is -0.650. The molecule has 2 fully saturated rings. The predicted molar refractivity (Wildman–Crippen MR) is 81.7 cm³/mol. The molecule has 5 heteroatoms. The second kappa shape index (κ2) is 7.38. The number of hydrogen-bond donors (Lipinski definition) is 2. The van der Waals surface area contributed by atoms with E-state index in [0.29, 0.717) is 12.0 Å². The number of piperazine rings is 1. The van der Waals surface area contributed by atoms with Crippen LogP contribution in [0.15, 0.2) is 0 Å². The molecular weight excluding hydrogens is 252 g/mol. The third-order valence-electron chi connectivity index (χ3n) is 4.69. The van der Waals surface area contributed by atoms with Crippen molar-refractivity contribution in [3.63, 3.8) is 0 Å². The third kappa shape index (κ3) is 4.17. The van der Waals surface area contributed by atoms with Gasteiger partial charge in [0.15, 0.2) is 0 Å². The molecule has 20 heavy (non-hydrogen) atoms. The summed E-state index contributed by atoms with van der Waals surface area (Å²) in [5, 5.41) is 6.48. The smallest absolute Gasteiger partial charge is 0.237 e. The molecule has 0 spiro atoms. The molecule has 2 aliphatic rings. The molecule has 0 saturated carbocycles. The van der Waals surface area contributed by atoms with Gasteiger partial charge in [0, 0.05) is 45.3 Å². The van der Waals surface area contributed by atoms with Gasteiger partial charge >= 0.3 is 0 Å². The molecule has 2 saturated heterocycles. The first-order valence-corrected chi connectivity index (χ1v) is 8.04.